The highest BCUT2D eigenvalue weighted by Crippen LogP contribution is 2.33. The van der Waals surface area contributed by atoms with Gasteiger partial charge in [-0.15, -0.1) is 0 Å². The molecule has 0 fully saturated rings. The number of rotatable bonds is 6. The van der Waals surface area contributed by atoms with Crippen molar-refractivity contribution in [3.8, 4) is 5.75 Å². The molecule has 0 radical (unpaired) electrons. The SMILES string of the molecule is COc1ccc(N=C/C=C(/Sc2nc3ccccc3[nH]2)c2ccccc2)cc1. The van der Waals surface area contributed by atoms with E-state index in [4.69, 9.17) is 4.74 Å². The van der Waals surface area contributed by atoms with Crippen LogP contribution >= 0.6 is 11.8 Å². The predicted octanol–water partition coefficient (Wildman–Crippen LogP) is 6.11. The predicted molar refractivity (Wildman–Crippen MR) is 118 cm³/mol. The molecule has 138 valence electrons. The third-order valence-corrected chi connectivity index (χ3v) is 5.13. The molecule has 0 saturated heterocycles. The van der Waals surface area contributed by atoms with Gasteiger partial charge in [0.25, 0.3) is 0 Å². The number of methoxy groups -OCH3 is 1. The maximum absolute atomic E-state index is 5.18. The number of aliphatic imine (C=N–C) groups is 1. The van der Waals surface area contributed by atoms with Crippen LogP contribution in [0.2, 0.25) is 0 Å². The van der Waals surface area contributed by atoms with Gasteiger partial charge in [-0.3, -0.25) is 4.99 Å². The second-order valence-corrected chi connectivity index (χ2v) is 7.06. The molecular weight excluding hydrogens is 366 g/mol. The zero-order valence-corrected chi connectivity index (χ0v) is 16.2. The van der Waals surface area contributed by atoms with Crippen LogP contribution in [0.4, 0.5) is 5.69 Å². The zero-order chi connectivity index (χ0) is 19.2. The summed E-state index contributed by atoms with van der Waals surface area (Å²) in [6.45, 7) is 0. The number of hydrogen-bond acceptors (Lipinski definition) is 4. The Morgan fingerprint density at radius 3 is 2.46 bits per heavy atom. The fourth-order valence-corrected chi connectivity index (χ4v) is 3.63. The molecule has 0 saturated carbocycles. The summed E-state index contributed by atoms with van der Waals surface area (Å²) in [7, 11) is 1.66. The molecule has 3 aromatic carbocycles. The lowest BCUT2D eigenvalue weighted by atomic mass is 10.2. The second-order valence-electron chi connectivity index (χ2n) is 6.03. The number of ether oxygens (including phenoxy) is 1. The molecule has 0 aliphatic carbocycles. The average Bonchev–Trinajstić information content (AvgIpc) is 3.16. The molecular formula is C23H19N3OS. The van der Waals surface area contributed by atoms with E-state index in [-0.39, 0.29) is 0 Å². The third-order valence-electron chi connectivity index (χ3n) is 4.15. The van der Waals surface area contributed by atoms with E-state index >= 15 is 0 Å². The largest absolute Gasteiger partial charge is 0.497 e. The quantitative estimate of drug-likeness (QED) is 0.322. The number of nitrogens with zero attached hydrogens (tertiary/aromatic N) is 2. The van der Waals surface area contributed by atoms with E-state index in [1.165, 1.54) is 0 Å². The first-order valence-electron chi connectivity index (χ1n) is 8.88. The van der Waals surface area contributed by atoms with Crippen LogP contribution in [0.1, 0.15) is 5.56 Å². The maximum Gasteiger partial charge on any atom is 0.171 e. The summed E-state index contributed by atoms with van der Waals surface area (Å²) in [6.07, 6.45) is 3.83. The summed E-state index contributed by atoms with van der Waals surface area (Å²) >= 11 is 1.59. The fraction of sp³-hybridized carbons (Fsp3) is 0.0435. The molecule has 0 bridgehead atoms. The monoisotopic (exact) mass is 385 g/mol. The topological polar surface area (TPSA) is 50.3 Å². The number of thioether (sulfide) groups is 1. The van der Waals surface area contributed by atoms with Crippen molar-refractivity contribution in [2.45, 2.75) is 5.16 Å². The molecule has 0 aliphatic rings. The molecule has 4 aromatic rings. The van der Waals surface area contributed by atoms with Gasteiger partial charge in [0.15, 0.2) is 5.16 Å². The standard InChI is InChI=1S/C23H19N3OS/c1-27-19-13-11-18(12-14-19)24-16-15-22(17-7-3-2-4-8-17)28-23-25-20-9-5-6-10-21(20)26-23/h2-16H,1H3,(H,25,26)/b22-15+,24-16?. The number of imidazole rings is 1. The molecule has 0 spiro atoms. The van der Waals surface area contributed by atoms with E-state index in [0.29, 0.717) is 0 Å². The van der Waals surface area contributed by atoms with Gasteiger partial charge in [0.2, 0.25) is 0 Å². The van der Waals surface area contributed by atoms with E-state index in [0.717, 1.165) is 38.1 Å². The van der Waals surface area contributed by atoms with E-state index in [1.807, 2.05) is 79.0 Å². The third kappa shape index (κ3) is 4.32. The molecule has 1 heterocycles. The van der Waals surface area contributed by atoms with Crippen LogP contribution in [0.25, 0.3) is 15.9 Å². The summed E-state index contributed by atoms with van der Waals surface area (Å²) in [5.74, 6) is 0.819. The minimum atomic E-state index is 0.819. The van der Waals surface area contributed by atoms with Crippen LogP contribution in [0.3, 0.4) is 0 Å². The van der Waals surface area contributed by atoms with Gasteiger partial charge in [0.05, 0.1) is 23.8 Å². The van der Waals surface area contributed by atoms with Crippen molar-refractivity contribution in [3.63, 3.8) is 0 Å². The number of fused-ring (bicyclic) bond motifs is 1. The second kappa shape index (κ2) is 8.59. The maximum atomic E-state index is 5.18. The Bertz CT molecular complexity index is 1080. The van der Waals surface area contributed by atoms with Crippen molar-refractivity contribution in [3.05, 3.63) is 90.5 Å². The average molecular weight is 385 g/mol. The Morgan fingerprint density at radius 1 is 0.964 bits per heavy atom. The minimum Gasteiger partial charge on any atom is -0.497 e. The van der Waals surface area contributed by atoms with Crippen molar-refractivity contribution in [1.82, 2.24) is 9.97 Å². The number of aromatic nitrogens is 2. The molecule has 1 N–H and O–H groups in total. The summed E-state index contributed by atoms with van der Waals surface area (Å²) in [6, 6.07) is 25.9. The van der Waals surface area contributed by atoms with Crippen LogP contribution in [-0.4, -0.2) is 23.3 Å². The highest BCUT2D eigenvalue weighted by molar-refractivity contribution is 8.08. The van der Waals surface area contributed by atoms with E-state index in [1.54, 1.807) is 18.9 Å². The number of para-hydroxylation sites is 2. The van der Waals surface area contributed by atoms with Gasteiger partial charge in [-0.2, -0.15) is 0 Å². The van der Waals surface area contributed by atoms with Crippen molar-refractivity contribution in [2.75, 3.05) is 7.11 Å². The Balaban J connectivity index is 1.61. The van der Waals surface area contributed by atoms with Gasteiger partial charge >= 0.3 is 0 Å². The van der Waals surface area contributed by atoms with Gasteiger partial charge in [0, 0.05) is 11.1 Å². The van der Waals surface area contributed by atoms with Gasteiger partial charge in [-0.05, 0) is 48.0 Å². The van der Waals surface area contributed by atoms with Gasteiger partial charge in [-0.1, -0.05) is 54.2 Å². The summed E-state index contributed by atoms with van der Waals surface area (Å²) < 4.78 is 5.18. The first kappa shape index (κ1) is 18.1. The first-order valence-corrected chi connectivity index (χ1v) is 9.70. The number of H-pyrrole nitrogens is 1. The summed E-state index contributed by atoms with van der Waals surface area (Å²) in [5.41, 5.74) is 3.99. The number of hydrogen-bond donors (Lipinski definition) is 1. The lowest BCUT2D eigenvalue weighted by molar-refractivity contribution is 0.415. The Hall–Kier alpha value is -3.31. The Kier molecular flexibility index (Phi) is 5.54. The van der Waals surface area contributed by atoms with Gasteiger partial charge in [0.1, 0.15) is 5.75 Å². The highest BCUT2D eigenvalue weighted by Gasteiger charge is 2.08. The van der Waals surface area contributed by atoms with Crippen molar-refractivity contribution in [2.24, 2.45) is 4.99 Å². The van der Waals surface area contributed by atoms with Crippen molar-refractivity contribution < 1.29 is 4.74 Å². The smallest absolute Gasteiger partial charge is 0.171 e. The van der Waals surface area contributed by atoms with Gasteiger partial charge < -0.3 is 9.72 Å². The van der Waals surface area contributed by atoms with Crippen LogP contribution in [0, 0.1) is 0 Å². The van der Waals surface area contributed by atoms with E-state index in [2.05, 4.69) is 27.1 Å². The summed E-state index contributed by atoms with van der Waals surface area (Å²) in [5, 5.41) is 0.856. The minimum absolute atomic E-state index is 0.819. The van der Waals surface area contributed by atoms with Crippen molar-refractivity contribution in [1.29, 1.82) is 0 Å². The first-order chi connectivity index (χ1) is 13.8. The molecule has 4 rings (SSSR count). The van der Waals surface area contributed by atoms with Crippen LogP contribution in [0.5, 0.6) is 5.75 Å². The lowest BCUT2D eigenvalue weighted by Gasteiger charge is -2.04. The molecule has 0 amide bonds. The Morgan fingerprint density at radius 2 is 1.71 bits per heavy atom. The van der Waals surface area contributed by atoms with Crippen molar-refractivity contribution >= 4 is 39.6 Å². The van der Waals surface area contributed by atoms with Crippen LogP contribution in [-0.2, 0) is 0 Å². The molecule has 5 heteroatoms. The molecule has 0 atom stereocenters. The number of aromatic amines is 1. The highest BCUT2D eigenvalue weighted by atomic mass is 32.2. The molecule has 0 unspecified atom stereocenters. The number of nitrogens with one attached hydrogen (secondary N) is 1. The molecule has 0 aliphatic heterocycles. The molecule has 4 nitrogen and oxygen atoms in total. The zero-order valence-electron chi connectivity index (χ0n) is 15.4. The lowest BCUT2D eigenvalue weighted by Crippen LogP contribution is -1.83. The number of allylic oxidation sites excluding steroid dienone is 1. The van der Waals surface area contributed by atoms with Crippen LogP contribution < -0.4 is 4.74 Å². The number of benzene rings is 3. The summed E-state index contributed by atoms with van der Waals surface area (Å²) in [4.78, 5) is 13.6. The Labute approximate surface area is 168 Å². The van der Waals surface area contributed by atoms with Gasteiger partial charge in [-0.25, -0.2) is 4.98 Å². The van der Waals surface area contributed by atoms with Crippen LogP contribution in [0.15, 0.2) is 95.1 Å². The normalized spacial score (nSPS) is 12.0. The van der Waals surface area contributed by atoms with E-state index in [9.17, 15) is 0 Å². The molecule has 1 aromatic heterocycles. The molecule has 28 heavy (non-hydrogen) atoms. The van der Waals surface area contributed by atoms with E-state index < -0.39 is 0 Å². The fourth-order valence-electron chi connectivity index (χ4n) is 2.73.